The van der Waals surface area contributed by atoms with Crippen LogP contribution in [0.2, 0.25) is 0 Å². The minimum atomic E-state index is -0.0638. The number of nitrogens with two attached hydrogens (primary N) is 1. The molecule has 1 heterocycles. The van der Waals surface area contributed by atoms with Gasteiger partial charge in [0, 0.05) is 19.3 Å². The normalized spacial score (nSPS) is 11.5. The van der Waals surface area contributed by atoms with E-state index in [4.69, 9.17) is 5.73 Å². The van der Waals surface area contributed by atoms with Gasteiger partial charge in [0.05, 0.1) is 0 Å². The fourth-order valence-corrected chi connectivity index (χ4v) is 1.45. The topological polar surface area (TPSA) is 75.0 Å². The molecule has 0 aliphatic rings. The van der Waals surface area contributed by atoms with Crippen LogP contribution in [0.4, 0.5) is 0 Å². The van der Waals surface area contributed by atoms with Gasteiger partial charge in [-0.25, -0.2) is 0 Å². The number of amides is 1. The summed E-state index contributed by atoms with van der Waals surface area (Å²) in [6.07, 6.45) is 1.58. The van der Waals surface area contributed by atoms with E-state index in [1.54, 1.807) is 17.2 Å². The van der Waals surface area contributed by atoms with Crippen molar-refractivity contribution < 1.29 is 4.79 Å². The van der Waals surface area contributed by atoms with Crippen LogP contribution in [0.15, 0.2) is 12.3 Å². The van der Waals surface area contributed by atoms with Crippen LogP contribution in [0.25, 0.3) is 0 Å². The van der Waals surface area contributed by atoms with Gasteiger partial charge in [0.1, 0.15) is 5.69 Å². The van der Waals surface area contributed by atoms with Crippen LogP contribution in [0, 0.1) is 5.41 Å². The lowest BCUT2D eigenvalue weighted by Gasteiger charge is -2.30. The van der Waals surface area contributed by atoms with Gasteiger partial charge in [0.15, 0.2) is 0 Å². The summed E-state index contributed by atoms with van der Waals surface area (Å²) in [5.41, 5.74) is 6.13. The van der Waals surface area contributed by atoms with E-state index in [1.807, 2.05) is 6.92 Å². The molecule has 5 heteroatoms. The van der Waals surface area contributed by atoms with Crippen molar-refractivity contribution in [2.45, 2.75) is 20.8 Å². The number of nitrogens with one attached hydrogen (secondary N) is 1. The van der Waals surface area contributed by atoms with Gasteiger partial charge in [-0.2, -0.15) is 5.10 Å². The fourth-order valence-electron chi connectivity index (χ4n) is 1.45. The zero-order valence-corrected chi connectivity index (χ0v) is 10.2. The minimum absolute atomic E-state index is 0.0264. The number of H-pyrrole nitrogens is 1. The third-order valence-corrected chi connectivity index (χ3v) is 2.57. The van der Waals surface area contributed by atoms with Crippen molar-refractivity contribution in [3.63, 3.8) is 0 Å². The molecule has 0 radical (unpaired) electrons. The lowest BCUT2D eigenvalue weighted by molar-refractivity contribution is 0.0695. The third kappa shape index (κ3) is 3.06. The highest BCUT2D eigenvalue weighted by atomic mass is 16.2. The first-order valence-electron chi connectivity index (χ1n) is 5.49. The molecule has 1 rings (SSSR count). The van der Waals surface area contributed by atoms with E-state index in [-0.39, 0.29) is 11.3 Å². The van der Waals surface area contributed by atoms with E-state index in [0.29, 0.717) is 25.3 Å². The number of carbonyl (C=O) groups excluding carboxylic acids is 1. The molecule has 0 aromatic carbocycles. The molecule has 0 saturated carbocycles. The SMILES string of the molecule is CCN(CC(C)(C)CN)C(=O)c1ccn[nH]1. The second-order valence-corrected chi connectivity index (χ2v) is 4.66. The molecule has 0 aliphatic heterocycles. The summed E-state index contributed by atoms with van der Waals surface area (Å²) in [6, 6.07) is 1.68. The van der Waals surface area contributed by atoms with Crippen LogP contribution < -0.4 is 5.73 Å². The zero-order chi connectivity index (χ0) is 12.2. The Morgan fingerprint density at radius 1 is 1.62 bits per heavy atom. The predicted octanol–water partition coefficient (Wildman–Crippen LogP) is 0.857. The molecule has 1 aromatic rings. The first-order chi connectivity index (χ1) is 7.50. The third-order valence-electron chi connectivity index (χ3n) is 2.57. The van der Waals surface area contributed by atoms with E-state index in [2.05, 4.69) is 24.0 Å². The summed E-state index contributed by atoms with van der Waals surface area (Å²) in [4.78, 5) is 13.8. The number of rotatable bonds is 5. The van der Waals surface area contributed by atoms with E-state index < -0.39 is 0 Å². The molecule has 0 saturated heterocycles. The Morgan fingerprint density at radius 3 is 2.75 bits per heavy atom. The molecule has 0 spiro atoms. The molecule has 90 valence electrons. The van der Waals surface area contributed by atoms with Crippen molar-refractivity contribution in [2.24, 2.45) is 11.1 Å². The highest BCUT2D eigenvalue weighted by Crippen LogP contribution is 2.16. The Labute approximate surface area is 96.0 Å². The van der Waals surface area contributed by atoms with Gasteiger partial charge >= 0.3 is 0 Å². The average Bonchev–Trinajstić information content (AvgIpc) is 2.78. The number of nitrogens with zero attached hydrogens (tertiary/aromatic N) is 2. The maximum Gasteiger partial charge on any atom is 0.271 e. The van der Waals surface area contributed by atoms with Crippen molar-refractivity contribution in [1.82, 2.24) is 15.1 Å². The number of hydrogen-bond donors (Lipinski definition) is 2. The monoisotopic (exact) mass is 224 g/mol. The van der Waals surface area contributed by atoms with E-state index in [0.717, 1.165) is 0 Å². The molecule has 5 nitrogen and oxygen atoms in total. The number of hydrogen-bond acceptors (Lipinski definition) is 3. The second kappa shape index (κ2) is 5.12. The molecular weight excluding hydrogens is 204 g/mol. The number of carbonyl (C=O) groups is 1. The molecule has 0 unspecified atom stereocenters. The molecular formula is C11H20N4O. The van der Waals surface area contributed by atoms with Crippen molar-refractivity contribution in [1.29, 1.82) is 0 Å². The molecule has 1 aromatic heterocycles. The summed E-state index contributed by atoms with van der Waals surface area (Å²) in [6.45, 7) is 7.94. The number of aromatic amines is 1. The predicted molar refractivity (Wildman–Crippen MR) is 63.0 cm³/mol. The number of aromatic nitrogens is 2. The van der Waals surface area contributed by atoms with Crippen LogP contribution in [0.5, 0.6) is 0 Å². The Hall–Kier alpha value is -1.36. The first-order valence-corrected chi connectivity index (χ1v) is 5.49. The van der Waals surface area contributed by atoms with Crippen LogP contribution in [-0.4, -0.2) is 40.6 Å². The zero-order valence-electron chi connectivity index (χ0n) is 10.2. The highest BCUT2D eigenvalue weighted by Gasteiger charge is 2.23. The van der Waals surface area contributed by atoms with Crippen molar-refractivity contribution in [3.8, 4) is 0 Å². The lowest BCUT2D eigenvalue weighted by Crippen LogP contribution is -2.42. The Kier molecular flexibility index (Phi) is 4.06. The lowest BCUT2D eigenvalue weighted by atomic mass is 9.93. The molecule has 1 amide bonds. The summed E-state index contributed by atoms with van der Waals surface area (Å²) >= 11 is 0. The molecule has 0 aliphatic carbocycles. The largest absolute Gasteiger partial charge is 0.337 e. The Bertz CT molecular complexity index is 332. The summed E-state index contributed by atoms with van der Waals surface area (Å²) in [7, 11) is 0. The second-order valence-electron chi connectivity index (χ2n) is 4.66. The maximum atomic E-state index is 12.0. The minimum Gasteiger partial charge on any atom is -0.337 e. The van der Waals surface area contributed by atoms with Gasteiger partial charge in [0.25, 0.3) is 5.91 Å². The quantitative estimate of drug-likeness (QED) is 0.778. The van der Waals surface area contributed by atoms with Crippen LogP contribution in [-0.2, 0) is 0 Å². The maximum absolute atomic E-state index is 12.0. The van der Waals surface area contributed by atoms with Crippen molar-refractivity contribution in [3.05, 3.63) is 18.0 Å². The Balaban J connectivity index is 2.72. The van der Waals surface area contributed by atoms with Crippen molar-refractivity contribution in [2.75, 3.05) is 19.6 Å². The average molecular weight is 224 g/mol. The van der Waals surface area contributed by atoms with E-state index in [9.17, 15) is 4.79 Å². The molecule has 0 bridgehead atoms. The summed E-state index contributed by atoms with van der Waals surface area (Å²) in [5.74, 6) is -0.0264. The van der Waals surface area contributed by atoms with Gasteiger partial charge in [-0.1, -0.05) is 13.8 Å². The summed E-state index contributed by atoms with van der Waals surface area (Å²) < 4.78 is 0. The first kappa shape index (κ1) is 12.7. The molecule has 3 N–H and O–H groups in total. The Morgan fingerprint density at radius 2 is 2.31 bits per heavy atom. The molecule has 0 atom stereocenters. The van der Waals surface area contributed by atoms with Crippen LogP contribution in [0.3, 0.4) is 0 Å². The smallest absolute Gasteiger partial charge is 0.271 e. The van der Waals surface area contributed by atoms with Gasteiger partial charge in [-0.3, -0.25) is 9.89 Å². The molecule has 16 heavy (non-hydrogen) atoms. The van der Waals surface area contributed by atoms with Gasteiger partial charge in [-0.05, 0) is 24.9 Å². The van der Waals surface area contributed by atoms with Gasteiger partial charge in [-0.15, -0.1) is 0 Å². The molecule has 0 fully saturated rings. The van der Waals surface area contributed by atoms with Gasteiger partial charge < -0.3 is 10.6 Å². The van der Waals surface area contributed by atoms with Crippen LogP contribution >= 0.6 is 0 Å². The summed E-state index contributed by atoms with van der Waals surface area (Å²) in [5, 5.41) is 6.46. The highest BCUT2D eigenvalue weighted by molar-refractivity contribution is 5.92. The fraction of sp³-hybridized carbons (Fsp3) is 0.636. The van der Waals surface area contributed by atoms with E-state index >= 15 is 0 Å². The van der Waals surface area contributed by atoms with Gasteiger partial charge in [0.2, 0.25) is 0 Å². The standard InChI is InChI=1S/C11H20N4O/c1-4-15(8-11(2,3)7-12)10(16)9-5-6-13-14-9/h5-6H,4,7-8,12H2,1-3H3,(H,13,14). The van der Waals surface area contributed by atoms with E-state index in [1.165, 1.54) is 0 Å². The van der Waals surface area contributed by atoms with Crippen molar-refractivity contribution >= 4 is 5.91 Å². The van der Waals surface area contributed by atoms with Crippen LogP contribution in [0.1, 0.15) is 31.3 Å².